The molecule has 10 heavy (non-hydrogen) atoms. The Balaban J connectivity index is 2.57. The van der Waals surface area contributed by atoms with Crippen LogP contribution in [0, 0.1) is 0 Å². The highest BCUT2D eigenvalue weighted by atomic mass is 16.5. The summed E-state index contributed by atoms with van der Waals surface area (Å²) in [6.45, 7) is -0.0330. The molecule has 1 saturated heterocycles. The van der Waals surface area contributed by atoms with E-state index in [2.05, 4.69) is 4.74 Å². The van der Waals surface area contributed by atoms with Crippen molar-refractivity contribution >= 4 is 5.91 Å². The van der Waals surface area contributed by atoms with Gasteiger partial charge < -0.3 is 20.7 Å². The largest absolute Gasteiger partial charge is 0.388 e. The summed E-state index contributed by atoms with van der Waals surface area (Å²) in [6, 6.07) is 0. The van der Waals surface area contributed by atoms with Crippen molar-refractivity contribution in [1.29, 1.82) is 0 Å². The summed E-state index contributed by atoms with van der Waals surface area (Å²) in [4.78, 5) is 10.4. The third kappa shape index (κ3) is 1.11. The quantitative estimate of drug-likeness (QED) is 0.385. The second-order valence-corrected chi connectivity index (χ2v) is 2.21. The highest BCUT2D eigenvalue weighted by Gasteiger charge is 2.38. The van der Waals surface area contributed by atoms with Gasteiger partial charge in [0.15, 0.2) is 6.10 Å². The molecule has 3 unspecified atom stereocenters. The Kier molecular flexibility index (Phi) is 1.89. The van der Waals surface area contributed by atoms with Gasteiger partial charge in [0, 0.05) is 0 Å². The van der Waals surface area contributed by atoms with Gasteiger partial charge >= 0.3 is 0 Å². The van der Waals surface area contributed by atoms with Gasteiger partial charge in [-0.25, -0.2) is 0 Å². The van der Waals surface area contributed by atoms with Crippen LogP contribution in [0.3, 0.4) is 0 Å². The molecule has 5 heteroatoms. The minimum Gasteiger partial charge on any atom is -0.388 e. The monoisotopic (exact) mass is 147 g/mol. The number of aliphatic hydroxyl groups excluding tert-OH is 2. The van der Waals surface area contributed by atoms with Crippen LogP contribution in [0.15, 0.2) is 0 Å². The highest BCUT2D eigenvalue weighted by Crippen LogP contribution is 2.12. The molecule has 1 fully saturated rings. The van der Waals surface area contributed by atoms with Crippen LogP contribution >= 0.6 is 0 Å². The number of aliphatic hydroxyl groups is 2. The van der Waals surface area contributed by atoms with Crippen molar-refractivity contribution in [1.82, 2.24) is 0 Å². The number of primary amides is 1. The van der Waals surface area contributed by atoms with Crippen molar-refractivity contribution in [2.45, 2.75) is 18.3 Å². The Bertz CT molecular complexity index is 149. The molecule has 0 bridgehead atoms. The van der Waals surface area contributed by atoms with Gasteiger partial charge in [0.1, 0.15) is 12.2 Å². The summed E-state index contributed by atoms with van der Waals surface area (Å²) < 4.78 is 4.66. The van der Waals surface area contributed by atoms with E-state index >= 15 is 0 Å². The molecule has 1 rings (SSSR count). The topological polar surface area (TPSA) is 92.8 Å². The molecule has 5 nitrogen and oxygen atoms in total. The van der Waals surface area contributed by atoms with E-state index in [9.17, 15) is 4.79 Å². The fourth-order valence-electron chi connectivity index (χ4n) is 0.852. The lowest BCUT2D eigenvalue weighted by molar-refractivity contribution is -0.130. The number of nitrogens with two attached hydrogens (primary N) is 1. The Morgan fingerprint density at radius 1 is 1.60 bits per heavy atom. The van der Waals surface area contributed by atoms with E-state index in [1.165, 1.54) is 0 Å². The number of hydrogen-bond acceptors (Lipinski definition) is 4. The Labute approximate surface area is 57.4 Å². The fourth-order valence-corrected chi connectivity index (χ4v) is 0.852. The lowest BCUT2D eigenvalue weighted by atomic mass is 10.1. The first-order valence-electron chi connectivity index (χ1n) is 2.90. The first-order chi connectivity index (χ1) is 4.63. The molecule has 0 aromatic rings. The molecule has 0 radical (unpaired) electrons. The summed E-state index contributed by atoms with van der Waals surface area (Å²) in [5.41, 5.74) is 4.82. The predicted molar refractivity (Wildman–Crippen MR) is 30.9 cm³/mol. The molecule has 0 aromatic heterocycles. The zero-order chi connectivity index (χ0) is 7.72. The molecule has 3 atom stereocenters. The van der Waals surface area contributed by atoms with E-state index in [4.69, 9.17) is 15.9 Å². The number of hydrogen-bond donors (Lipinski definition) is 3. The van der Waals surface area contributed by atoms with Crippen LogP contribution in [0.1, 0.15) is 0 Å². The Hall–Kier alpha value is -0.650. The van der Waals surface area contributed by atoms with Gasteiger partial charge in [0.25, 0.3) is 0 Å². The normalized spacial score (nSPS) is 40.0. The predicted octanol–water partition coefficient (Wildman–Crippen LogP) is -2.41. The van der Waals surface area contributed by atoms with Crippen molar-refractivity contribution in [3.05, 3.63) is 0 Å². The zero-order valence-electron chi connectivity index (χ0n) is 5.23. The fraction of sp³-hybridized carbons (Fsp3) is 0.800. The first-order valence-corrected chi connectivity index (χ1v) is 2.90. The van der Waals surface area contributed by atoms with E-state index in [1.807, 2.05) is 0 Å². The van der Waals surface area contributed by atoms with Crippen LogP contribution in [-0.2, 0) is 9.53 Å². The molecule has 0 aliphatic carbocycles. The molecule has 1 aliphatic rings. The van der Waals surface area contributed by atoms with Crippen LogP contribution in [0.2, 0.25) is 0 Å². The average Bonchev–Trinajstić information content (AvgIpc) is 2.14. The second kappa shape index (κ2) is 2.53. The molecule has 58 valence electrons. The van der Waals surface area contributed by atoms with Crippen LogP contribution in [0.5, 0.6) is 0 Å². The van der Waals surface area contributed by atoms with Gasteiger partial charge in [-0.3, -0.25) is 4.79 Å². The van der Waals surface area contributed by atoms with Crippen molar-refractivity contribution in [3.63, 3.8) is 0 Å². The van der Waals surface area contributed by atoms with E-state index in [-0.39, 0.29) is 6.61 Å². The van der Waals surface area contributed by atoms with Crippen LogP contribution in [-0.4, -0.2) is 41.0 Å². The summed E-state index contributed by atoms with van der Waals surface area (Å²) in [7, 11) is 0. The molecule has 0 saturated carbocycles. The number of carbonyl (C=O) groups excluding carboxylic acids is 1. The number of rotatable bonds is 1. The second-order valence-electron chi connectivity index (χ2n) is 2.21. The summed E-state index contributed by atoms with van der Waals surface area (Å²) in [5, 5.41) is 17.8. The average molecular weight is 147 g/mol. The standard InChI is InChI=1S/C5H9NO4/c6-5(9)4-3(8)2(7)1-10-4/h2-4,7-8H,1H2,(H2,6,9). The number of ether oxygens (including phenoxy) is 1. The zero-order valence-corrected chi connectivity index (χ0v) is 5.23. The van der Waals surface area contributed by atoms with Gasteiger partial charge in [0.05, 0.1) is 6.61 Å². The molecule has 1 aliphatic heterocycles. The maximum absolute atomic E-state index is 10.4. The summed E-state index contributed by atoms with van der Waals surface area (Å²) in [5.74, 6) is -0.746. The smallest absolute Gasteiger partial charge is 0.249 e. The molecule has 0 spiro atoms. The molecule has 1 heterocycles. The van der Waals surface area contributed by atoms with Crippen molar-refractivity contribution in [3.8, 4) is 0 Å². The Morgan fingerprint density at radius 2 is 2.20 bits per heavy atom. The van der Waals surface area contributed by atoms with E-state index < -0.39 is 24.2 Å². The van der Waals surface area contributed by atoms with Gasteiger partial charge in [-0.05, 0) is 0 Å². The van der Waals surface area contributed by atoms with E-state index in [0.29, 0.717) is 0 Å². The number of carbonyl (C=O) groups is 1. The van der Waals surface area contributed by atoms with Crippen molar-refractivity contribution in [2.24, 2.45) is 5.73 Å². The minimum absolute atomic E-state index is 0.0330. The van der Waals surface area contributed by atoms with Gasteiger partial charge in [-0.15, -0.1) is 0 Å². The number of amides is 1. The van der Waals surface area contributed by atoms with Crippen molar-refractivity contribution in [2.75, 3.05) is 6.61 Å². The molecule has 1 amide bonds. The van der Waals surface area contributed by atoms with Gasteiger partial charge in [-0.2, -0.15) is 0 Å². The van der Waals surface area contributed by atoms with Gasteiger partial charge in [-0.1, -0.05) is 0 Å². The maximum atomic E-state index is 10.4. The molecule has 0 aromatic carbocycles. The highest BCUT2D eigenvalue weighted by molar-refractivity contribution is 5.79. The lowest BCUT2D eigenvalue weighted by Gasteiger charge is -2.09. The molecular weight excluding hydrogens is 138 g/mol. The molecule has 4 N–H and O–H groups in total. The van der Waals surface area contributed by atoms with Gasteiger partial charge in [0.2, 0.25) is 5.91 Å². The summed E-state index contributed by atoms with van der Waals surface area (Å²) in [6.07, 6.45) is -3.20. The summed E-state index contributed by atoms with van der Waals surface area (Å²) >= 11 is 0. The van der Waals surface area contributed by atoms with E-state index in [0.717, 1.165) is 0 Å². The maximum Gasteiger partial charge on any atom is 0.249 e. The van der Waals surface area contributed by atoms with Crippen LogP contribution < -0.4 is 5.73 Å². The first kappa shape index (κ1) is 7.46. The van der Waals surface area contributed by atoms with Crippen LogP contribution in [0.4, 0.5) is 0 Å². The lowest BCUT2D eigenvalue weighted by Crippen LogP contribution is -2.39. The van der Waals surface area contributed by atoms with E-state index in [1.54, 1.807) is 0 Å². The Morgan fingerprint density at radius 3 is 2.40 bits per heavy atom. The SMILES string of the molecule is NC(=O)C1OCC(O)C1O. The van der Waals surface area contributed by atoms with Crippen molar-refractivity contribution < 1.29 is 19.7 Å². The van der Waals surface area contributed by atoms with Crippen LogP contribution in [0.25, 0.3) is 0 Å². The third-order valence-corrected chi connectivity index (χ3v) is 1.43. The third-order valence-electron chi connectivity index (χ3n) is 1.43. The molecular formula is C5H9NO4. The minimum atomic E-state index is -1.17.